The first-order chi connectivity index (χ1) is 17.2. The molecule has 1 aliphatic carbocycles. The van der Waals surface area contributed by atoms with Crippen molar-refractivity contribution in [1.29, 1.82) is 10.7 Å². The number of thiophene rings is 1. The molecule has 0 saturated carbocycles. The molecule has 4 rings (SSSR count). The zero-order valence-electron chi connectivity index (χ0n) is 21.2. The van der Waals surface area contributed by atoms with Crippen LogP contribution in [0.3, 0.4) is 0 Å². The van der Waals surface area contributed by atoms with Crippen LogP contribution in [0.1, 0.15) is 61.7 Å². The first kappa shape index (κ1) is 25.8. The number of fused-ring (bicyclic) bond motifs is 1. The number of nitrogens with zero attached hydrogens (tertiary/aromatic N) is 6. The fourth-order valence-corrected chi connectivity index (χ4v) is 6.44. The van der Waals surface area contributed by atoms with Crippen LogP contribution in [-0.4, -0.2) is 63.4 Å². The fraction of sp³-hybridized carbons (Fsp3) is 0.500. The molecule has 190 valence electrons. The molecule has 1 saturated heterocycles. The molecule has 2 aromatic rings. The Morgan fingerprint density at radius 1 is 1.44 bits per heavy atom. The maximum atomic E-state index is 9.75. The Bertz CT molecular complexity index is 1230. The van der Waals surface area contributed by atoms with Crippen LogP contribution in [0.4, 0.5) is 10.9 Å². The Hall–Kier alpha value is -3.29. The van der Waals surface area contributed by atoms with Gasteiger partial charge in [-0.2, -0.15) is 5.26 Å². The van der Waals surface area contributed by atoms with Gasteiger partial charge in [-0.1, -0.05) is 6.08 Å². The zero-order valence-corrected chi connectivity index (χ0v) is 22.0. The first-order valence-corrected chi connectivity index (χ1v) is 13.2. The quantitative estimate of drug-likeness (QED) is 0.275. The molecule has 0 radical (unpaired) electrons. The number of nitriles is 1. The molecule has 5 N–H and O–H groups in total. The van der Waals surface area contributed by atoms with Gasteiger partial charge in [0.05, 0.1) is 5.56 Å². The van der Waals surface area contributed by atoms with Crippen LogP contribution >= 0.6 is 11.3 Å². The predicted octanol–water partition coefficient (Wildman–Crippen LogP) is 3.21. The van der Waals surface area contributed by atoms with E-state index >= 15 is 0 Å². The molecule has 9 nitrogen and oxygen atoms in total. The van der Waals surface area contributed by atoms with Gasteiger partial charge in [0.25, 0.3) is 0 Å². The van der Waals surface area contributed by atoms with Crippen molar-refractivity contribution in [3.8, 4) is 6.07 Å². The second kappa shape index (κ2) is 10.4. The van der Waals surface area contributed by atoms with Gasteiger partial charge in [0, 0.05) is 48.4 Å². The van der Waals surface area contributed by atoms with Crippen molar-refractivity contribution in [3.63, 3.8) is 0 Å². The van der Waals surface area contributed by atoms with E-state index in [1.165, 1.54) is 11.3 Å². The zero-order chi connectivity index (χ0) is 26.0. The molecule has 2 atom stereocenters. The highest BCUT2D eigenvalue weighted by atomic mass is 32.1. The summed E-state index contributed by atoms with van der Waals surface area (Å²) in [4.78, 5) is 19.2. The van der Waals surface area contributed by atoms with Gasteiger partial charge in [-0.3, -0.25) is 10.3 Å². The third-order valence-corrected chi connectivity index (χ3v) is 8.36. The lowest BCUT2D eigenvalue weighted by atomic mass is 9.71. The molecule has 0 unspecified atom stereocenters. The number of nitrogens with two attached hydrogens (primary N) is 1. The maximum absolute atomic E-state index is 9.75. The number of rotatable bonds is 5. The molecule has 2 aromatic heterocycles. The molecule has 3 heterocycles. The number of nitrogens with one attached hydrogen (secondary N) is 1. The Labute approximate surface area is 216 Å². The van der Waals surface area contributed by atoms with Crippen LogP contribution in [0, 0.1) is 16.7 Å². The van der Waals surface area contributed by atoms with Crippen molar-refractivity contribution in [1.82, 2.24) is 14.9 Å². The third kappa shape index (κ3) is 4.61. The summed E-state index contributed by atoms with van der Waals surface area (Å²) in [6.07, 6.45) is 6.57. The molecule has 0 bridgehead atoms. The summed E-state index contributed by atoms with van der Waals surface area (Å²) >= 11 is 1.40. The van der Waals surface area contributed by atoms with E-state index < -0.39 is 5.41 Å². The van der Waals surface area contributed by atoms with E-state index in [-0.39, 0.29) is 17.8 Å². The average Bonchev–Trinajstić information content (AvgIpc) is 3.07. The highest BCUT2D eigenvalue weighted by Gasteiger charge is 2.47. The molecular weight excluding hydrogens is 472 g/mol. The first-order valence-electron chi connectivity index (χ1n) is 12.4. The van der Waals surface area contributed by atoms with Crippen molar-refractivity contribution < 1.29 is 5.11 Å². The Kier molecular flexibility index (Phi) is 7.43. The molecule has 0 spiro atoms. The average molecular weight is 508 g/mol. The summed E-state index contributed by atoms with van der Waals surface area (Å²) in [6, 6.07) is 4.58. The molecule has 0 aromatic carbocycles. The van der Waals surface area contributed by atoms with E-state index in [2.05, 4.69) is 58.2 Å². The van der Waals surface area contributed by atoms with Crippen LogP contribution in [0.2, 0.25) is 0 Å². The number of anilines is 2. The lowest BCUT2D eigenvalue weighted by molar-refractivity contribution is 0.224. The van der Waals surface area contributed by atoms with Gasteiger partial charge >= 0.3 is 5.90 Å². The minimum Gasteiger partial charge on any atom is -0.581 e. The van der Waals surface area contributed by atoms with Crippen LogP contribution < -0.4 is 10.6 Å². The van der Waals surface area contributed by atoms with E-state index in [9.17, 15) is 5.26 Å². The lowest BCUT2D eigenvalue weighted by Crippen LogP contribution is -2.42. The highest BCUT2D eigenvalue weighted by molar-refractivity contribution is 7.16. The largest absolute Gasteiger partial charge is 0.581 e. The lowest BCUT2D eigenvalue weighted by Gasteiger charge is -2.31. The number of hydrogen-bond donors (Lipinski definition) is 2. The standard InChI is InChI=1S/C26H34N8OS/c1-5-26(10-6-8-20-21(26)18(14-27)23(29)36-20)24(35)32-22(28)19-9-11-30-25(31-19)34-13-7-12-33(16(2)3)15-17(34)4/h5,9,11,16-17H,1,6-8,10,12-13,15,29H2,2-4H3,(H2,28,32,35)/p+1/t17-,26-/m0/s1. The predicted molar refractivity (Wildman–Crippen MR) is 146 cm³/mol. The van der Waals surface area contributed by atoms with Gasteiger partial charge in [0.2, 0.25) is 5.95 Å². The normalized spacial score (nSPS) is 23.1. The SMILES string of the molecule is C=C[C@]1(C([OH2+])=NC(=N)c2ccnc(N3CCCN(C(C)C)C[C@@H]3C)n2)CCCc2sc(N)c(C#N)c21. The highest BCUT2D eigenvalue weighted by Crippen LogP contribution is 2.46. The molecule has 0 amide bonds. The smallest absolute Gasteiger partial charge is 0.347 e. The van der Waals surface area contributed by atoms with Crippen LogP contribution in [0.5, 0.6) is 0 Å². The number of amidine groups is 1. The Balaban J connectivity index is 1.64. The van der Waals surface area contributed by atoms with Crippen molar-refractivity contribution in [2.24, 2.45) is 4.99 Å². The Morgan fingerprint density at radius 2 is 2.22 bits per heavy atom. The van der Waals surface area contributed by atoms with E-state index in [0.29, 0.717) is 34.7 Å². The van der Waals surface area contributed by atoms with E-state index in [0.717, 1.165) is 49.3 Å². The molecule has 36 heavy (non-hydrogen) atoms. The number of nitrogen functional groups attached to an aromatic ring is 1. The minimum absolute atomic E-state index is 0.0198. The molecular formula is C26H35N8OS+. The van der Waals surface area contributed by atoms with Crippen LogP contribution in [-0.2, 0) is 11.8 Å². The second-order valence-corrected chi connectivity index (χ2v) is 11.0. The van der Waals surface area contributed by atoms with E-state index in [1.54, 1.807) is 18.3 Å². The van der Waals surface area contributed by atoms with Crippen LogP contribution in [0.25, 0.3) is 0 Å². The van der Waals surface area contributed by atoms with E-state index in [4.69, 9.17) is 16.2 Å². The maximum Gasteiger partial charge on any atom is 0.347 e. The van der Waals surface area contributed by atoms with Gasteiger partial charge in [0.15, 0.2) is 5.84 Å². The van der Waals surface area contributed by atoms with Crippen molar-refractivity contribution in [2.45, 2.75) is 64.0 Å². The number of hydrogen-bond acceptors (Lipinski definition) is 8. The Morgan fingerprint density at radius 3 is 2.92 bits per heavy atom. The monoisotopic (exact) mass is 507 g/mol. The fourth-order valence-electron chi connectivity index (χ4n) is 5.29. The third-order valence-electron chi connectivity index (χ3n) is 7.28. The summed E-state index contributed by atoms with van der Waals surface area (Å²) < 4.78 is 0. The number of aryl methyl sites for hydroxylation is 1. The number of aliphatic imine (C=N–C) groups is 1. The van der Waals surface area contributed by atoms with Gasteiger partial charge in [-0.15, -0.1) is 22.9 Å². The molecule has 10 heteroatoms. The summed E-state index contributed by atoms with van der Waals surface area (Å²) in [5, 5.41) is 27.8. The molecule has 2 aliphatic rings. The van der Waals surface area contributed by atoms with Gasteiger partial charge in [-0.05, 0) is 52.5 Å². The van der Waals surface area contributed by atoms with Crippen molar-refractivity contribution in [3.05, 3.63) is 46.6 Å². The second-order valence-electron chi connectivity index (χ2n) is 9.82. The molecule has 1 aliphatic heterocycles. The summed E-state index contributed by atoms with van der Waals surface area (Å²) in [7, 11) is 0. The van der Waals surface area contributed by atoms with Crippen LogP contribution in [0.15, 0.2) is 29.9 Å². The summed E-state index contributed by atoms with van der Waals surface area (Å²) in [5.74, 6) is 0.450. The molecule has 1 fully saturated rings. The summed E-state index contributed by atoms with van der Waals surface area (Å²) in [5.41, 5.74) is 6.67. The van der Waals surface area contributed by atoms with Gasteiger partial charge in [0.1, 0.15) is 22.2 Å². The van der Waals surface area contributed by atoms with Gasteiger partial charge in [-0.25, -0.2) is 9.97 Å². The summed E-state index contributed by atoms with van der Waals surface area (Å²) in [6.45, 7) is 13.4. The van der Waals surface area contributed by atoms with Gasteiger partial charge < -0.3 is 15.7 Å². The van der Waals surface area contributed by atoms with E-state index in [1.807, 2.05) is 0 Å². The topological polar surface area (TPSA) is 141 Å². The number of aromatic nitrogens is 2. The van der Waals surface area contributed by atoms with Crippen molar-refractivity contribution in [2.75, 3.05) is 30.3 Å². The minimum atomic E-state index is -0.950. The van der Waals surface area contributed by atoms with Crippen molar-refractivity contribution >= 4 is 34.0 Å².